The van der Waals surface area contributed by atoms with Crippen molar-refractivity contribution < 1.29 is 4.79 Å². The van der Waals surface area contributed by atoms with Gasteiger partial charge in [0.25, 0.3) is 0 Å². The first-order chi connectivity index (χ1) is 10.00. The van der Waals surface area contributed by atoms with E-state index in [0.29, 0.717) is 5.92 Å². The molecule has 1 aliphatic heterocycles. The molecule has 0 saturated heterocycles. The zero-order valence-electron chi connectivity index (χ0n) is 12.7. The Morgan fingerprint density at radius 3 is 2.57 bits per heavy atom. The van der Waals surface area contributed by atoms with E-state index in [-0.39, 0.29) is 11.3 Å². The maximum absolute atomic E-state index is 12.0. The summed E-state index contributed by atoms with van der Waals surface area (Å²) in [6, 6.07) is 6.29. The lowest BCUT2D eigenvalue weighted by molar-refractivity contribution is -0.119. The van der Waals surface area contributed by atoms with Crippen molar-refractivity contribution in [1.82, 2.24) is 0 Å². The molecule has 0 aromatic heterocycles. The van der Waals surface area contributed by atoms with E-state index in [1.807, 2.05) is 19.9 Å². The molecule has 1 amide bonds. The monoisotopic (exact) mass is 303 g/mol. The molecule has 3 unspecified atom stereocenters. The molecule has 1 aromatic rings. The first kappa shape index (κ1) is 13.6. The van der Waals surface area contributed by atoms with Crippen molar-refractivity contribution >= 4 is 23.2 Å². The molecule has 0 bridgehead atoms. The first-order valence-electron chi connectivity index (χ1n) is 8.10. The van der Waals surface area contributed by atoms with Gasteiger partial charge in [0.1, 0.15) is 0 Å². The molecule has 1 heterocycles. The van der Waals surface area contributed by atoms with Gasteiger partial charge in [0.2, 0.25) is 5.91 Å². The number of rotatable bonds is 2. The topological polar surface area (TPSA) is 29.1 Å². The van der Waals surface area contributed by atoms with Crippen molar-refractivity contribution in [3.63, 3.8) is 0 Å². The van der Waals surface area contributed by atoms with Crippen molar-refractivity contribution in [1.29, 1.82) is 0 Å². The second-order valence-electron chi connectivity index (χ2n) is 7.48. The predicted octanol–water partition coefficient (Wildman–Crippen LogP) is 4.63. The van der Waals surface area contributed by atoms with Crippen LogP contribution in [0.15, 0.2) is 18.2 Å². The molecule has 3 aliphatic rings. The molecule has 1 N–H and O–H groups in total. The molecule has 21 heavy (non-hydrogen) atoms. The van der Waals surface area contributed by atoms with Crippen molar-refractivity contribution in [3.05, 3.63) is 29.3 Å². The Morgan fingerprint density at radius 1 is 1.24 bits per heavy atom. The van der Waals surface area contributed by atoms with E-state index in [1.165, 1.54) is 31.2 Å². The Hall–Kier alpha value is -1.02. The summed E-state index contributed by atoms with van der Waals surface area (Å²) in [5.74, 6) is 2.44. The number of benzene rings is 1. The summed E-state index contributed by atoms with van der Waals surface area (Å²) in [6.45, 7) is 3.97. The van der Waals surface area contributed by atoms with Crippen molar-refractivity contribution in [2.24, 2.45) is 17.8 Å². The molecular weight excluding hydrogens is 282 g/mol. The number of halogens is 1. The summed E-state index contributed by atoms with van der Waals surface area (Å²) in [5.41, 5.74) is 2.79. The predicted molar refractivity (Wildman–Crippen MR) is 85.6 cm³/mol. The Morgan fingerprint density at radius 2 is 1.90 bits per heavy atom. The van der Waals surface area contributed by atoms with Crippen LogP contribution >= 0.6 is 11.6 Å². The van der Waals surface area contributed by atoms with Crippen LogP contribution in [0.4, 0.5) is 5.69 Å². The van der Waals surface area contributed by atoms with Gasteiger partial charge in [-0.3, -0.25) is 4.79 Å². The molecule has 3 heteroatoms. The summed E-state index contributed by atoms with van der Waals surface area (Å²) >= 11 is 6.80. The van der Waals surface area contributed by atoms with Gasteiger partial charge in [-0.05, 0) is 61.6 Å². The normalized spacial score (nSPS) is 33.9. The molecule has 0 spiro atoms. The fourth-order valence-corrected chi connectivity index (χ4v) is 4.97. The van der Waals surface area contributed by atoms with E-state index in [0.717, 1.165) is 23.1 Å². The third-order valence-corrected chi connectivity index (χ3v) is 6.45. The van der Waals surface area contributed by atoms with Gasteiger partial charge >= 0.3 is 0 Å². The summed E-state index contributed by atoms with van der Waals surface area (Å²) < 4.78 is 0. The van der Waals surface area contributed by atoms with Crippen LogP contribution < -0.4 is 5.32 Å². The zero-order chi connectivity index (χ0) is 14.8. The molecule has 2 aliphatic carbocycles. The Kier molecular flexibility index (Phi) is 2.91. The number of fused-ring (bicyclic) bond motifs is 2. The fraction of sp³-hybridized carbons (Fsp3) is 0.611. The summed E-state index contributed by atoms with van der Waals surface area (Å²) in [4.78, 5) is 12.0. The average Bonchev–Trinajstić information content (AvgIpc) is 3.15. The lowest BCUT2D eigenvalue weighted by Gasteiger charge is -2.17. The zero-order valence-corrected chi connectivity index (χ0v) is 13.4. The minimum Gasteiger partial charge on any atom is -0.325 e. The van der Waals surface area contributed by atoms with Crippen LogP contribution in [0, 0.1) is 17.8 Å². The number of hydrogen-bond donors (Lipinski definition) is 1. The molecule has 3 atom stereocenters. The number of carbonyl (C=O) groups excluding carboxylic acids is 1. The van der Waals surface area contributed by atoms with Gasteiger partial charge in [-0.2, -0.15) is 0 Å². The van der Waals surface area contributed by atoms with Crippen molar-refractivity contribution in [2.45, 2.75) is 50.3 Å². The minimum atomic E-state index is -0.446. The fourth-order valence-electron chi connectivity index (χ4n) is 4.46. The van der Waals surface area contributed by atoms with E-state index in [9.17, 15) is 4.79 Å². The first-order valence-corrected chi connectivity index (χ1v) is 8.54. The van der Waals surface area contributed by atoms with Crippen LogP contribution in [0.2, 0.25) is 0 Å². The maximum atomic E-state index is 12.0. The van der Waals surface area contributed by atoms with Gasteiger partial charge in [-0.25, -0.2) is 0 Å². The van der Waals surface area contributed by atoms with Crippen molar-refractivity contribution in [3.8, 4) is 0 Å². The lowest BCUT2D eigenvalue weighted by atomic mass is 9.85. The van der Waals surface area contributed by atoms with Crippen LogP contribution in [0.3, 0.4) is 0 Å². The van der Waals surface area contributed by atoms with Crippen LogP contribution in [-0.2, 0) is 10.2 Å². The SMILES string of the molecule is CC1(C)C(=O)Nc2ccc(C(Cl)C3C4CCCCC43)cc21. The van der Waals surface area contributed by atoms with Crippen LogP contribution in [-0.4, -0.2) is 5.91 Å². The highest BCUT2D eigenvalue weighted by molar-refractivity contribution is 6.21. The van der Waals surface area contributed by atoms with Crippen LogP contribution in [0.25, 0.3) is 0 Å². The smallest absolute Gasteiger partial charge is 0.234 e. The number of amides is 1. The Labute approximate surface area is 131 Å². The molecule has 1 aromatic carbocycles. The standard InChI is InChI=1S/C18H22ClNO/c1-18(2)13-9-10(7-8-14(13)20-17(18)21)16(19)15-11-5-3-4-6-12(11)15/h7-9,11-12,15-16H,3-6H2,1-2H3,(H,20,21). The Bertz CT molecular complexity index is 597. The Balaban J connectivity index is 1.63. The second-order valence-corrected chi connectivity index (χ2v) is 7.95. The molecule has 112 valence electrons. The number of carbonyl (C=O) groups is 1. The number of nitrogens with one attached hydrogen (secondary N) is 1. The quantitative estimate of drug-likeness (QED) is 0.793. The van der Waals surface area contributed by atoms with Gasteiger partial charge in [0.15, 0.2) is 0 Å². The van der Waals surface area contributed by atoms with E-state index in [1.54, 1.807) is 0 Å². The van der Waals surface area contributed by atoms with Gasteiger partial charge in [-0.15, -0.1) is 11.6 Å². The molecule has 0 radical (unpaired) electrons. The summed E-state index contributed by atoms with van der Waals surface area (Å²) in [6.07, 6.45) is 5.46. The van der Waals surface area contributed by atoms with E-state index in [2.05, 4.69) is 17.4 Å². The number of anilines is 1. The summed E-state index contributed by atoms with van der Waals surface area (Å²) in [5, 5.41) is 3.07. The molecule has 2 saturated carbocycles. The third-order valence-electron chi connectivity index (χ3n) is 5.91. The van der Waals surface area contributed by atoms with Crippen LogP contribution in [0.1, 0.15) is 56.0 Å². The molecule has 4 rings (SSSR count). The summed E-state index contributed by atoms with van der Waals surface area (Å²) in [7, 11) is 0. The highest BCUT2D eigenvalue weighted by Gasteiger charge is 2.54. The van der Waals surface area contributed by atoms with Gasteiger partial charge < -0.3 is 5.32 Å². The largest absolute Gasteiger partial charge is 0.325 e. The second kappa shape index (κ2) is 4.49. The van der Waals surface area contributed by atoms with Crippen molar-refractivity contribution in [2.75, 3.05) is 5.32 Å². The highest BCUT2D eigenvalue weighted by Crippen LogP contribution is 2.62. The molecular formula is C18H22ClNO. The minimum absolute atomic E-state index is 0.0841. The van der Waals surface area contributed by atoms with E-state index in [4.69, 9.17) is 11.6 Å². The molecule has 2 fully saturated rings. The number of alkyl halides is 1. The van der Waals surface area contributed by atoms with Gasteiger partial charge in [0, 0.05) is 5.69 Å². The number of hydrogen-bond acceptors (Lipinski definition) is 1. The van der Waals surface area contributed by atoms with Gasteiger partial charge in [0.05, 0.1) is 10.8 Å². The maximum Gasteiger partial charge on any atom is 0.234 e. The molecule has 2 nitrogen and oxygen atoms in total. The third kappa shape index (κ3) is 1.95. The lowest BCUT2D eigenvalue weighted by Crippen LogP contribution is -2.26. The van der Waals surface area contributed by atoms with E-state index >= 15 is 0 Å². The van der Waals surface area contributed by atoms with Gasteiger partial charge in [-0.1, -0.05) is 25.0 Å². The van der Waals surface area contributed by atoms with Crippen LogP contribution in [0.5, 0.6) is 0 Å². The highest BCUT2D eigenvalue weighted by atomic mass is 35.5. The average molecular weight is 304 g/mol. The van der Waals surface area contributed by atoms with E-state index < -0.39 is 5.41 Å².